The van der Waals surface area contributed by atoms with E-state index in [1.54, 1.807) is 0 Å². The van der Waals surface area contributed by atoms with Crippen molar-refractivity contribution in [3.63, 3.8) is 0 Å². The summed E-state index contributed by atoms with van der Waals surface area (Å²) in [5, 5.41) is 0. The van der Waals surface area contributed by atoms with Crippen LogP contribution in [0.1, 0.15) is 110 Å². The number of hydrogen-bond acceptors (Lipinski definition) is 0. The van der Waals surface area contributed by atoms with Crippen LogP contribution < -0.4 is 27.6 Å². The highest BCUT2D eigenvalue weighted by molar-refractivity contribution is 7.19. The topological polar surface area (TPSA) is 27.6 Å². The van der Waals surface area contributed by atoms with E-state index in [-0.39, 0.29) is 0 Å². The molecule has 1 nitrogen and oxygen atoms in total. The summed E-state index contributed by atoms with van der Waals surface area (Å²) in [5.41, 5.74) is 9.25. The summed E-state index contributed by atoms with van der Waals surface area (Å²) in [7, 11) is 0. The minimum Gasteiger partial charge on any atom is -0.358 e. The van der Waals surface area contributed by atoms with E-state index >= 15 is 0 Å². The van der Waals surface area contributed by atoms with Crippen molar-refractivity contribution in [1.82, 2.24) is 0 Å². The summed E-state index contributed by atoms with van der Waals surface area (Å²) in [6, 6.07) is 43.5. The van der Waals surface area contributed by atoms with Gasteiger partial charge in [0.15, 0.2) is 0 Å². The minimum atomic E-state index is -1.22. The summed E-state index contributed by atoms with van der Waals surface area (Å²) in [6.07, 6.45) is 22.0. The molecule has 0 aromatic heterocycles. The maximum absolute atomic E-state index is 3.89. The highest BCUT2D eigenvalue weighted by Crippen LogP contribution is 2.14. The lowest BCUT2D eigenvalue weighted by molar-refractivity contribution is -0.368. The van der Waals surface area contributed by atoms with Gasteiger partial charge in [-0.15, -0.1) is 0 Å². The van der Waals surface area contributed by atoms with Gasteiger partial charge in [0.25, 0.3) is 0 Å². The van der Waals surface area contributed by atoms with Crippen molar-refractivity contribution in [3.8, 4) is 0 Å². The van der Waals surface area contributed by atoms with Crippen LogP contribution in [0.25, 0.3) is 0 Å². The van der Waals surface area contributed by atoms with Gasteiger partial charge in [0.1, 0.15) is 6.15 Å². The largest absolute Gasteiger partial charge is 0.358 e. The second-order valence-corrected chi connectivity index (χ2v) is 12.7. The maximum Gasteiger partial charge on any atom is 0.108 e. The Morgan fingerprint density at radius 1 is 0.341 bits per heavy atom. The summed E-state index contributed by atoms with van der Waals surface area (Å²) in [4.78, 5) is 0. The van der Waals surface area contributed by atoms with Gasteiger partial charge < -0.3 is 5.73 Å². The lowest BCUT2D eigenvalue weighted by Crippen LogP contribution is -2.74. The first-order chi connectivity index (χ1) is 21.8. The molecule has 0 aliphatic heterocycles. The molecule has 236 valence electrons. The van der Waals surface area contributed by atoms with Gasteiger partial charge >= 0.3 is 0 Å². The Hall–Kier alpha value is -3.10. The molecule has 0 bridgehead atoms. The second kappa shape index (κ2) is 22.4. The Morgan fingerprint density at radius 2 is 0.568 bits per heavy atom. The van der Waals surface area contributed by atoms with E-state index in [9.17, 15) is 0 Å². The van der Waals surface area contributed by atoms with Crippen molar-refractivity contribution in [2.24, 2.45) is 0 Å². The smallest absolute Gasteiger partial charge is 0.108 e. The Kier molecular flexibility index (Phi) is 18.0. The number of hydrogen-bond donors (Lipinski definition) is 1. The lowest BCUT2D eigenvalue weighted by Gasteiger charge is -2.44. The van der Waals surface area contributed by atoms with Gasteiger partial charge in [-0.05, 0) is 12.8 Å². The molecule has 0 spiro atoms. The normalized spacial score (nSPS) is 11.1. The third-order valence-electron chi connectivity index (χ3n) is 9.30. The first-order valence-corrected chi connectivity index (χ1v) is 18.0. The second-order valence-electron chi connectivity index (χ2n) is 12.7. The third kappa shape index (κ3) is 11.8. The van der Waals surface area contributed by atoms with Crippen molar-refractivity contribution in [1.29, 1.82) is 0 Å². The van der Waals surface area contributed by atoms with Crippen LogP contribution >= 0.6 is 0 Å². The van der Waals surface area contributed by atoms with Crippen molar-refractivity contribution in [2.75, 3.05) is 6.54 Å². The van der Waals surface area contributed by atoms with Crippen LogP contribution in [0.3, 0.4) is 0 Å². The van der Waals surface area contributed by atoms with Crippen molar-refractivity contribution in [2.45, 2.75) is 110 Å². The zero-order valence-electron chi connectivity index (χ0n) is 27.9. The molecule has 0 fully saturated rings. The average Bonchev–Trinajstić information content (AvgIpc) is 3.09. The van der Waals surface area contributed by atoms with Crippen LogP contribution in [0.2, 0.25) is 0 Å². The molecule has 0 amide bonds. The fourth-order valence-corrected chi connectivity index (χ4v) is 6.85. The number of benzene rings is 4. The molecular weight excluding hydrogens is 529 g/mol. The minimum absolute atomic E-state index is 1.12. The van der Waals surface area contributed by atoms with Gasteiger partial charge in [-0.25, -0.2) is 0 Å². The number of rotatable bonds is 20. The van der Waals surface area contributed by atoms with Gasteiger partial charge in [0.2, 0.25) is 0 Å². The van der Waals surface area contributed by atoms with Crippen molar-refractivity contribution < 1.29 is 5.73 Å². The van der Waals surface area contributed by atoms with E-state index in [2.05, 4.69) is 134 Å². The van der Waals surface area contributed by atoms with Crippen LogP contribution in [0.4, 0.5) is 0 Å². The quantitative estimate of drug-likeness (QED) is 0.0790. The Balaban J connectivity index is 0.000000252. The molecule has 4 aromatic carbocycles. The number of quaternary nitrogens is 1. The van der Waals surface area contributed by atoms with E-state index in [0.29, 0.717) is 0 Å². The summed E-state index contributed by atoms with van der Waals surface area (Å²) < 4.78 is 0. The van der Waals surface area contributed by atoms with Gasteiger partial charge in [-0.3, -0.25) is 0 Å². The molecule has 0 heterocycles. The van der Waals surface area contributed by atoms with Crippen LogP contribution in [-0.4, -0.2) is 12.7 Å². The first-order valence-electron chi connectivity index (χ1n) is 18.0. The first kappa shape index (κ1) is 35.4. The zero-order chi connectivity index (χ0) is 31.0. The van der Waals surface area contributed by atoms with Crippen LogP contribution in [0.15, 0.2) is 121 Å². The molecule has 2 heteroatoms. The standard InChI is InChI=1S/C24H20B.C18H39N/c1-5-13-21(14-6-1)25(22-15-7-2-8-16-22,23-17-9-3-10-18-23)24-19-11-4-12-20-24;1-2-3-4-5-6-7-8-9-10-11-12-13-14-15-16-17-18-19/h1-20H;2-19H2,1H3/q-1;/p+1. The molecule has 0 aliphatic carbocycles. The molecule has 0 atom stereocenters. The van der Waals surface area contributed by atoms with Gasteiger partial charge in [0.05, 0.1) is 6.54 Å². The fraction of sp³-hybridized carbons (Fsp3) is 0.429. The van der Waals surface area contributed by atoms with Gasteiger partial charge in [-0.2, -0.15) is 21.9 Å². The molecule has 44 heavy (non-hydrogen) atoms. The van der Waals surface area contributed by atoms with Crippen LogP contribution in [0, 0.1) is 0 Å². The molecule has 0 unspecified atom stereocenters. The molecule has 0 aliphatic rings. The Bertz CT molecular complexity index is 1010. The van der Waals surface area contributed by atoms with E-state index in [1.165, 1.54) is 125 Å². The molecule has 4 aromatic rings. The predicted octanol–water partition coefficient (Wildman–Crippen LogP) is 8.55. The van der Waals surface area contributed by atoms with E-state index < -0.39 is 6.15 Å². The molecular formula is C42H60BN. The van der Waals surface area contributed by atoms with E-state index in [1.807, 2.05) is 0 Å². The Morgan fingerprint density at radius 3 is 0.795 bits per heavy atom. The fourth-order valence-electron chi connectivity index (χ4n) is 6.85. The third-order valence-corrected chi connectivity index (χ3v) is 9.30. The molecule has 4 rings (SSSR count). The van der Waals surface area contributed by atoms with Crippen LogP contribution in [-0.2, 0) is 0 Å². The van der Waals surface area contributed by atoms with E-state index in [4.69, 9.17) is 0 Å². The summed E-state index contributed by atoms with van der Waals surface area (Å²) >= 11 is 0. The van der Waals surface area contributed by atoms with Crippen molar-refractivity contribution >= 4 is 28.0 Å². The summed E-state index contributed by atoms with van der Waals surface area (Å²) in [5.74, 6) is 0. The molecule has 3 N–H and O–H groups in total. The van der Waals surface area contributed by atoms with E-state index in [0.717, 1.165) is 6.54 Å². The predicted molar refractivity (Wildman–Crippen MR) is 197 cm³/mol. The molecule has 0 saturated heterocycles. The highest BCUT2D eigenvalue weighted by Gasteiger charge is 2.31. The van der Waals surface area contributed by atoms with Gasteiger partial charge in [-0.1, -0.05) is 218 Å². The lowest BCUT2D eigenvalue weighted by atomic mass is 9.13. The zero-order valence-corrected chi connectivity index (χ0v) is 27.9. The SMILES string of the molecule is CCCCCCCCCCCCCCCCCC[NH3+].c1ccc([B-](c2ccccc2)(c2ccccc2)c2ccccc2)cc1. The maximum atomic E-state index is 3.89. The molecule has 0 saturated carbocycles. The Labute approximate surface area is 270 Å². The highest BCUT2D eigenvalue weighted by atomic mass is 14.5. The van der Waals surface area contributed by atoms with Gasteiger partial charge in [0, 0.05) is 0 Å². The average molecular weight is 590 g/mol. The molecule has 0 radical (unpaired) electrons. The van der Waals surface area contributed by atoms with Crippen LogP contribution in [0.5, 0.6) is 0 Å². The summed E-state index contributed by atoms with van der Waals surface area (Å²) in [6.45, 7) is 3.42. The van der Waals surface area contributed by atoms with Crippen molar-refractivity contribution in [3.05, 3.63) is 121 Å². The monoisotopic (exact) mass is 589 g/mol. The number of unbranched alkanes of at least 4 members (excludes halogenated alkanes) is 15.